The number of rotatable bonds is 5. The lowest BCUT2D eigenvalue weighted by atomic mass is 9.99. The first-order chi connectivity index (χ1) is 9.66. The van der Waals surface area contributed by atoms with Crippen molar-refractivity contribution in [3.63, 3.8) is 0 Å². The van der Waals surface area contributed by atoms with Crippen LogP contribution < -0.4 is 0 Å². The lowest BCUT2D eigenvalue weighted by Crippen LogP contribution is -2.40. The van der Waals surface area contributed by atoms with Crippen LogP contribution in [-0.2, 0) is 4.79 Å². The van der Waals surface area contributed by atoms with Crippen molar-refractivity contribution in [2.24, 2.45) is 0 Å². The zero-order chi connectivity index (χ0) is 16.3. The van der Waals surface area contributed by atoms with Gasteiger partial charge in [-0.3, -0.25) is 14.9 Å². The van der Waals surface area contributed by atoms with Crippen LogP contribution in [0.25, 0.3) is 0 Å². The summed E-state index contributed by atoms with van der Waals surface area (Å²) in [6.45, 7) is 5.02. The van der Waals surface area contributed by atoms with Gasteiger partial charge < -0.3 is 10.0 Å². The first kappa shape index (κ1) is 16.6. The molecule has 114 valence electrons. The summed E-state index contributed by atoms with van der Waals surface area (Å²) in [6.07, 6.45) is 0. The maximum atomic E-state index is 12.2. The summed E-state index contributed by atoms with van der Waals surface area (Å²) in [6, 6.07) is 3.20. The van der Waals surface area contributed by atoms with Crippen LogP contribution in [0.15, 0.2) is 18.2 Å². The summed E-state index contributed by atoms with van der Waals surface area (Å²) in [4.78, 5) is 34.7. The molecule has 21 heavy (non-hydrogen) atoms. The number of carboxylic acid groups (broad SMARTS) is 1. The van der Waals surface area contributed by atoms with Gasteiger partial charge in [0.25, 0.3) is 11.6 Å². The average molecular weight is 294 g/mol. The maximum absolute atomic E-state index is 12.2. The summed E-state index contributed by atoms with van der Waals surface area (Å²) < 4.78 is 0. The highest BCUT2D eigenvalue weighted by molar-refractivity contribution is 5.97. The second-order valence-corrected chi connectivity index (χ2v) is 5.12. The molecule has 7 nitrogen and oxygen atoms in total. The van der Waals surface area contributed by atoms with E-state index in [2.05, 4.69) is 0 Å². The first-order valence-electron chi connectivity index (χ1n) is 6.45. The number of nitro benzene ring substituents is 1. The molecule has 1 aromatic rings. The third kappa shape index (κ3) is 3.56. The molecule has 1 amide bonds. The summed E-state index contributed by atoms with van der Waals surface area (Å²) in [5.41, 5.74) is 0.499. The van der Waals surface area contributed by atoms with E-state index < -0.39 is 22.8 Å². The summed E-state index contributed by atoms with van der Waals surface area (Å²) in [7, 11) is 1.35. The normalized spacial score (nSPS) is 12.0. The smallest absolute Gasteiger partial charge is 0.326 e. The topological polar surface area (TPSA) is 101 Å². The van der Waals surface area contributed by atoms with Crippen molar-refractivity contribution < 1.29 is 19.6 Å². The standard InChI is InChI=1S/C14H18N2O5/c1-8(2)11-6-5-10(7-12(11)16(20)21)13(17)15(4)9(3)14(18)19/h5-9H,1-4H3,(H,18,19). The predicted octanol–water partition coefficient (Wildman–Crippen LogP) is 2.26. The van der Waals surface area contributed by atoms with Crippen LogP contribution in [0.4, 0.5) is 5.69 Å². The third-order valence-electron chi connectivity index (χ3n) is 3.35. The molecule has 0 aromatic heterocycles. The largest absolute Gasteiger partial charge is 0.480 e. The Labute approximate surface area is 122 Å². The molecule has 7 heteroatoms. The number of carbonyl (C=O) groups excluding carboxylic acids is 1. The molecule has 0 aliphatic rings. The zero-order valence-electron chi connectivity index (χ0n) is 12.4. The van der Waals surface area contributed by atoms with Gasteiger partial charge in [0.05, 0.1) is 4.92 Å². The molecule has 0 aliphatic carbocycles. The molecule has 0 fully saturated rings. The van der Waals surface area contributed by atoms with Crippen molar-refractivity contribution in [1.29, 1.82) is 0 Å². The van der Waals surface area contributed by atoms with Gasteiger partial charge in [0.2, 0.25) is 0 Å². The number of carbonyl (C=O) groups is 2. The van der Waals surface area contributed by atoms with Crippen LogP contribution in [0.1, 0.15) is 42.6 Å². The van der Waals surface area contributed by atoms with Gasteiger partial charge in [0.1, 0.15) is 6.04 Å². The van der Waals surface area contributed by atoms with Crippen LogP contribution >= 0.6 is 0 Å². The fourth-order valence-electron chi connectivity index (χ4n) is 1.87. The summed E-state index contributed by atoms with van der Waals surface area (Å²) in [5.74, 6) is -1.76. The molecule has 0 saturated heterocycles. The number of aliphatic carboxylic acids is 1. The monoisotopic (exact) mass is 294 g/mol. The number of amides is 1. The van der Waals surface area contributed by atoms with Crippen molar-refractivity contribution >= 4 is 17.6 Å². The Hall–Kier alpha value is -2.44. The summed E-state index contributed by atoms with van der Waals surface area (Å²) in [5, 5.41) is 20.0. The number of nitro groups is 1. The van der Waals surface area contributed by atoms with E-state index in [1.54, 1.807) is 0 Å². The fraction of sp³-hybridized carbons (Fsp3) is 0.429. The molecule has 0 radical (unpaired) electrons. The number of benzene rings is 1. The minimum Gasteiger partial charge on any atom is -0.480 e. The first-order valence-corrected chi connectivity index (χ1v) is 6.45. The highest BCUT2D eigenvalue weighted by Gasteiger charge is 2.25. The maximum Gasteiger partial charge on any atom is 0.326 e. The van der Waals surface area contributed by atoms with Crippen LogP contribution in [0.3, 0.4) is 0 Å². The lowest BCUT2D eigenvalue weighted by molar-refractivity contribution is -0.385. The van der Waals surface area contributed by atoms with Gasteiger partial charge >= 0.3 is 5.97 Å². The second kappa shape index (κ2) is 6.34. The van der Waals surface area contributed by atoms with Gasteiger partial charge in [-0.2, -0.15) is 0 Å². The molecule has 0 aliphatic heterocycles. The Kier molecular flexibility index (Phi) is 5.02. The SMILES string of the molecule is CC(C)c1ccc(C(=O)N(C)C(C)C(=O)O)cc1[N+](=O)[O-]. The molecule has 1 N–H and O–H groups in total. The van der Waals surface area contributed by atoms with E-state index in [0.29, 0.717) is 5.56 Å². The van der Waals surface area contributed by atoms with Crippen molar-refractivity contribution in [3.8, 4) is 0 Å². The predicted molar refractivity (Wildman–Crippen MR) is 76.4 cm³/mol. The van der Waals surface area contributed by atoms with Crippen molar-refractivity contribution in [3.05, 3.63) is 39.4 Å². The Bertz CT molecular complexity index is 583. The molecule has 1 atom stereocenters. The fourth-order valence-corrected chi connectivity index (χ4v) is 1.87. The number of hydrogen-bond donors (Lipinski definition) is 1. The molecular formula is C14H18N2O5. The minimum atomic E-state index is -1.14. The molecule has 0 bridgehead atoms. The molecule has 1 aromatic carbocycles. The summed E-state index contributed by atoms with van der Waals surface area (Å²) >= 11 is 0. The van der Waals surface area contributed by atoms with E-state index in [1.165, 1.54) is 32.2 Å². The quantitative estimate of drug-likeness (QED) is 0.663. The van der Waals surface area contributed by atoms with Crippen molar-refractivity contribution in [2.45, 2.75) is 32.7 Å². The van der Waals surface area contributed by atoms with Gasteiger partial charge in [0, 0.05) is 24.2 Å². The number of nitrogens with zero attached hydrogens (tertiary/aromatic N) is 2. The van der Waals surface area contributed by atoms with E-state index >= 15 is 0 Å². The van der Waals surface area contributed by atoms with Crippen LogP contribution in [0.2, 0.25) is 0 Å². The Morgan fingerprint density at radius 2 is 1.86 bits per heavy atom. The molecule has 1 rings (SSSR count). The van der Waals surface area contributed by atoms with Crippen LogP contribution in [0, 0.1) is 10.1 Å². The van der Waals surface area contributed by atoms with Crippen molar-refractivity contribution in [1.82, 2.24) is 4.90 Å². The van der Waals surface area contributed by atoms with Crippen molar-refractivity contribution in [2.75, 3.05) is 7.05 Å². The highest BCUT2D eigenvalue weighted by atomic mass is 16.6. The van der Waals surface area contributed by atoms with Gasteiger partial charge in [-0.25, -0.2) is 4.79 Å². The molecule has 0 saturated carbocycles. The van der Waals surface area contributed by atoms with Gasteiger partial charge in [0.15, 0.2) is 0 Å². The Morgan fingerprint density at radius 3 is 2.29 bits per heavy atom. The number of hydrogen-bond acceptors (Lipinski definition) is 4. The average Bonchev–Trinajstić information content (AvgIpc) is 2.43. The van der Waals surface area contributed by atoms with E-state index in [1.807, 2.05) is 13.8 Å². The van der Waals surface area contributed by atoms with E-state index in [0.717, 1.165) is 4.90 Å². The van der Waals surface area contributed by atoms with Gasteiger partial charge in [-0.15, -0.1) is 0 Å². The number of carboxylic acids is 1. The molecule has 0 spiro atoms. The minimum absolute atomic E-state index is 0.0507. The Balaban J connectivity index is 3.20. The van der Waals surface area contributed by atoms with Crippen LogP contribution in [0.5, 0.6) is 0 Å². The van der Waals surface area contributed by atoms with E-state index in [-0.39, 0.29) is 17.2 Å². The second-order valence-electron chi connectivity index (χ2n) is 5.12. The van der Waals surface area contributed by atoms with E-state index in [4.69, 9.17) is 5.11 Å². The van der Waals surface area contributed by atoms with Gasteiger partial charge in [-0.1, -0.05) is 19.9 Å². The third-order valence-corrected chi connectivity index (χ3v) is 3.35. The number of likely N-dealkylation sites (N-methyl/N-ethyl adjacent to an activating group) is 1. The Morgan fingerprint density at radius 1 is 1.29 bits per heavy atom. The molecule has 1 unspecified atom stereocenters. The highest BCUT2D eigenvalue weighted by Crippen LogP contribution is 2.27. The molecule has 0 heterocycles. The van der Waals surface area contributed by atoms with Gasteiger partial charge in [-0.05, 0) is 18.9 Å². The van der Waals surface area contributed by atoms with Crippen LogP contribution in [-0.4, -0.2) is 39.9 Å². The zero-order valence-corrected chi connectivity index (χ0v) is 12.4. The van der Waals surface area contributed by atoms with E-state index in [9.17, 15) is 19.7 Å². The molecular weight excluding hydrogens is 276 g/mol. The lowest BCUT2D eigenvalue weighted by Gasteiger charge is -2.21.